The Morgan fingerprint density at radius 3 is 1.96 bits per heavy atom. The van der Waals surface area contributed by atoms with Crippen LogP contribution >= 0.6 is 0 Å². The Kier molecular flexibility index (Phi) is 17.2. The molecule has 0 saturated heterocycles. The van der Waals surface area contributed by atoms with Crippen molar-refractivity contribution in [2.45, 2.75) is 19.8 Å². The average Bonchev–Trinajstić information content (AvgIpc) is 2.62. The van der Waals surface area contributed by atoms with Crippen LogP contribution in [0.1, 0.15) is 18.4 Å². The second kappa shape index (κ2) is 18.3. The molecule has 26 heavy (non-hydrogen) atoms. The van der Waals surface area contributed by atoms with Gasteiger partial charge in [0.05, 0.1) is 46.8 Å². The number of rotatable bonds is 13. The van der Waals surface area contributed by atoms with Crippen LogP contribution in [0.15, 0.2) is 24.3 Å². The summed E-state index contributed by atoms with van der Waals surface area (Å²) in [6.45, 7) is 5.77. The highest BCUT2D eigenvalue weighted by Gasteiger charge is 1.98. The summed E-state index contributed by atoms with van der Waals surface area (Å²) in [5.41, 5.74) is 0.963. The molecular weight excluding hydrogens is 343 g/mol. The summed E-state index contributed by atoms with van der Waals surface area (Å²) in [4.78, 5) is 10.8. The van der Waals surface area contributed by atoms with E-state index in [4.69, 9.17) is 18.9 Å². The Hall–Kier alpha value is -1.54. The molecule has 1 aromatic rings. The van der Waals surface area contributed by atoms with Crippen LogP contribution in [0, 0.1) is 12.7 Å². The average molecular weight is 374 g/mol. The van der Waals surface area contributed by atoms with E-state index < -0.39 is 0 Å². The number of aryl methyl sites for hydroxylation is 1. The summed E-state index contributed by atoms with van der Waals surface area (Å²) in [7, 11) is 3.02. The lowest BCUT2D eigenvalue weighted by Gasteiger charge is -2.06. The van der Waals surface area contributed by atoms with Crippen LogP contribution in [0.3, 0.4) is 0 Å². The van der Waals surface area contributed by atoms with Crippen LogP contribution in [0.2, 0.25) is 0 Å². The van der Waals surface area contributed by atoms with Gasteiger partial charge in [-0.2, -0.15) is 0 Å². The maximum absolute atomic E-state index is 12.2. The molecule has 0 N–H and O–H groups in total. The van der Waals surface area contributed by atoms with Gasteiger partial charge in [0.2, 0.25) is 0 Å². The van der Waals surface area contributed by atoms with Gasteiger partial charge < -0.3 is 23.7 Å². The summed E-state index contributed by atoms with van der Waals surface area (Å²) < 4.78 is 37.3. The van der Waals surface area contributed by atoms with Crippen molar-refractivity contribution in [3.8, 4) is 0 Å². The summed E-state index contributed by atoms with van der Waals surface area (Å²) in [6, 6.07) is 6.50. The molecule has 150 valence electrons. The Morgan fingerprint density at radius 2 is 1.50 bits per heavy atom. The van der Waals surface area contributed by atoms with Gasteiger partial charge in [-0.05, 0) is 31.0 Å². The minimum Gasteiger partial charge on any atom is -0.469 e. The van der Waals surface area contributed by atoms with Crippen molar-refractivity contribution in [2.24, 2.45) is 0 Å². The number of hydrogen-bond acceptors (Lipinski definition) is 6. The van der Waals surface area contributed by atoms with E-state index in [1.54, 1.807) is 13.2 Å². The van der Waals surface area contributed by atoms with E-state index in [2.05, 4.69) is 4.74 Å². The van der Waals surface area contributed by atoms with Crippen molar-refractivity contribution in [2.75, 3.05) is 60.5 Å². The zero-order chi connectivity index (χ0) is 19.5. The molecule has 7 heteroatoms. The first-order chi connectivity index (χ1) is 12.6. The SMILES string of the molecule is COCCOCCOCCOCCCC(=O)OC.Cc1cccc(F)c1. The lowest BCUT2D eigenvalue weighted by atomic mass is 10.2. The van der Waals surface area contributed by atoms with Gasteiger partial charge in [-0.1, -0.05) is 12.1 Å². The molecule has 0 bridgehead atoms. The number of carbonyl (C=O) groups is 1. The van der Waals surface area contributed by atoms with Crippen molar-refractivity contribution < 1.29 is 32.9 Å². The number of methoxy groups -OCH3 is 2. The zero-order valence-corrected chi connectivity index (χ0v) is 16.0. The number of esters is 1. The molecular formula is C19H31FO6. The molecule has 6 nitrogen and oxygen atoms in total. The molecule has 0 aliphatic carbocycles. The molecule has 1 rings (SSSR count). The lowest BCUT2D eigenvalue weighted by Crippen LogP contribution is -2.12. The standard InChI is InChI=1S/C12H24O6.C7H7F/c1-14-6-7-17-10-11-18-9-8-16-5-3-4-12(13)15-2;1-6-3-2-4-7(8)5-6/h3-11H2,1-2H3;2-5H,1H3. The molecule has 0 amide bonds. The van der Waals surface area contributed by atoms with E-state index in [1.807, 2.05) is 13.0 Å². The second-order valence-corrected chi connectivity index (χ2v) is 5.31. The lowest BCUT2D eigenvalue weighted by molar-refractivity contribution is -0.141. The first-order valence-electron chi connectivity index (χ1n) is 8.61. The summed E-state index contributed by atoms with van der Waals surface area (Å²) in [5, 5.41) is 0. The van der Waals surface area contributed by atoms with E-state index in [-0.39, 0.29) is 11.8 Å². The Labute approximate surface area is 155 Å². The summed E-state index contributed by atoms with van der Waals surface area (Å²) >= 11 is 0. The van der Waals surface area contributed by atoms with E-state index in [1.165, 1.54) is 19.2 Å². The van der Waals surface area contributed by atoms with E-state index >= 15 is 0 Å². The monoisotopic (exact) mass is 374 g/mol. The fourth-order valence-corrected chi connectivity index (χ4v) is 1.71. The molecule has 0 atom stereocenters. The fourth-order valence-electron chi connectivity index (χ4n) is 1.71. The van der Waals surface area contributed by atoms with Gasteiger partial charge in [0.15, 0.2) is 0 Å². The molecule has 0 fully saturated rings. The second-order valence-electron chi connectivity index (χ2n) is 5.31. The molecule has 0 radical (unpaired) electrons. The van der Waals surface area contributed by atoms with E-state index in [0.717, 1.165) is 5.56 Å². The number of benzene rings is 1. The van der Waals surface area contributed by atoms with Crippen LogP contribution < -0.4 is 0 Å². The smallest absolute Gasteiger partial charge is 0.305 e. The van der Waals surface area contributed by atoms with Crippen molar-refractivity contribution in [1.29, 1.82) is 0 Å². The largest absolute Gasteiger partial charge is 0.469 e. The molecule has 0 aromatic heterocycles. The van der Waals surface area contributed by atoms with Gasteiger partial charge in [0.1, 0.15) is 5.82 Å². The third-order valence-corrected chi connectivity index (χ3v) is 3.05. The third-order valence-electron chi connectivity index (χ3n) is 3.05. The molecule has 0 heterocycles. The molecule has 0 aliphatic heterocycles. The normalized spacial score (nSPS) is 10.2. The minimum absolute atomic E-state index is 0.162. The van der Waals surface area contributed by atoms with Gasteiger partial charge in [0, 0.05) is 20.1 Å². The number of carbonyl (C=O) groups excluding carboxylic acids is 1. The van der Waals surface area contributed by atoms with Crippen molar-refractivity contribution in [1.82, 2.24) is 0 Å². The zero-order valence-electron chi connectivity index (χ0n) is 16.0. The van der Waals surface area contributed by atoms with Crippen LogP contribution in [0.4, 0.5) is 4.39 Å². The third kappa shape index (κ3) is 17.3. The first kappa shape index (κ1) is 24.5. The molecule has 0 unspecified atom stereocenters. The predicted molar refractivity (Wildman–Crippen MR) is 96.7 cm³/mol. The van der Waals surface area contributed by atoms with Gasteiger partial charge >= 0.3 is 5.97 Å². The van der Waals surface area contributed by atoms with Crippen molar-refractivity contribution in [3.05, 3.63) is 35.6 Å². The highest BCUT2D eigenvalue weighted by Crippen LogP contribution is 1.99. The van der Waals surface area contributed by atoms with Crippen LogP contribution in [-0.4, -0.2) is 66.4 Å². The molecule has 0 saturated carbocycles. The Morgan fingerprint density at radius 1 is 0.923 bits per heavy atom. The van der Waals surface area contributed by atoms with Gasteiger partial charge in [0.25, 0.3) is 0 Å². The maximum atomic E-state index is 12.2. The first-order valence-corrected chi connectivity index (χ1v) is 8.61. The van der Waals surface area contributed by atoms with Gasteiger partial charge in [-0.3, -0.25) is 4.79 Å². The van der Waals surface area contributed by atoms with E-state index in [0.29, 0.717) is 59.1 Å². The van der Waals surface area contributed by atoms with Crippen molar-refractivity contribution >= 4 is 5.97 Å². The van der Waals surface area contributed by atoms with Gasteiger partial charge in [-0.25, -0.2) is 4.39 Å². The summed E-state index contributed by atoms with van der Waals surface area (Å²) in [6.07, 6.45) is 1.07. The highest BCUT2D eigenvalue weighted by molar-refractivity contribution is 5.68. The molecule has 1 aromatic carbocycles. The Bertz CT molecular complexity index is 438. The number of halogens is 1. The number of ether oxygens (including phenoxy) is 5. The van der Waals surface area contributed by atoms with Crippen LogP contribution in [0.25, 0.3) is 0 Å². The van der Waals surface area contributed by atoms with Crippen LogP contribution in [-0.2, 0) is 28.5 Å². The fraction of sp³-hybridized carbons (Fsp3) is 0.632. The minimum atomic E-state index is -0.206. The summed E-state index contributed by atoms with van der Waals surface area (Å²) in [5.74, 6) is -0.368. The molecule has 0 spiro atoms. The van der Waals surface area contributed by atoms with Crippen molar-refractivity contribution in [3.63, 3.8) is 0 Å². The topological polar surface area (TPSA) is 63.2 Å². The van der Waals surface area contributed by atoms with Gasteiger partial charge in [-0.15, -0.1) is 0 Å². The van der Waals surface area contributed by atoms with Crippen LogP contribution in [0.5, 0.6) is 0 Å². The highest BCUT2D eigenvalue weighted by atomic mass is 19.1. The quantitative estimate of drug-likeness (QED) is 0.391. The number of hydrogen-bond donors (Lipinski definition) is 0. The predicted octanol–water partition coefficient (Wildman–Crippen LogP) is 2.77. The molecule has 0 aliphatic rings. The maximum Gasteiger partial charge on any atom is 0.305 e. The Balaban J connectivity index is 0.000000642. The van der Waals surface area contributed by atoms with E-state index in [9.17, 15) is 9.18 Å².